The third-order valence-corrected chi connectivity index (χ3v) is 6.97. The van der Waals surface area contributed by atoms with Gasteiger partial charge < -0.3 is 0 Å². The van der Waals surface area contributed by atoms with Gasteiger partial charge in [-0.15, -0.1) is 0 Å². The number of hydrogen-bond donors (Lipinski definition) is 0. The predicted molar refractivity (Wildman–Crippen MR) is 101 cm³/mol. The molecule has 2 fully saturated rings. The van der Waals surface area contributed by atoms with Crippen molar-refractivity contribution in [3.8, 4) is 0 Å². The second-order valence-electron chi connectivity index (χ2n) is 8.63. The SMILES string of the molecule is CCCC[C@H]1CC[C@H]([C@@H]2CCCC(c3ccc(C(F)F)c(F)c3)C2)CC1. The summed E-state index contributed by atoms with van der Waals surface area (Å²) in [5.74, 6) is 2.09. The highest BCUT2D eigenvalue weighted by Crippen LogP contribution is 2.45. The third kappa shape index (κ3) is 4.84. The monoisotopic (exact) mass is 366 g/mol. The maximum Gasteiger partial charge on any atom is 0.266 e. The van der Waals surface area contributed by atoms with E-state index in [9.17, 15) is 13.2 Å². The maximum absolute atomic E-state index is 14.0. The van der Waals surface area contributed by atoms with Crippen LogP contribution < -0.4 is 0 Å². The molecule has 0 spiro atoms. The van der Waals surface area contributed by atoms with Gasteiger partial charge in [0.2, 0.25) is 0 Å². The molecular weight excluding hydrogens is 333 g/mol. The molecule has 0 aromatic heterocycles. The van der Waals surface area contributed by atoms with Gasteiger partial charge >= 0.3 is 0 Å². The van der Waals surface area contributed by atoms with Gasteiger partial charge in [0.05, 0.1) is 5.56 Å². The van der Waals surface area contributed by atoms with E-state index in [-0.39, 0.29) is 0 Å². The first-order chi connectivity index (χ1) is 12.6. The molecule has 2 aliphatic carbocycles. The summed E-state index contributed by atoms with van der Waals surface area (Å²) in [7, 11) is 0. The van der Waals surface area contributed by atoms with Gasteiger partial charge in [-0.1, -0.05) is 64.0 Å². The van der Waals surface area contributed by atoms with Gasteiger partial charge in [-0.25, -0.2) is 13.2 Å². The Labute approximate surface area is 156 Å². The molecule has 0 radical (unpaired) electrons. The average molecular weight is 367 g/mol. The van der Waals surface area contributed by atoms with Gasteiger partial charge in [-0.05, 0) is 61.0 Å². The van der Waals surface area contributed by atoms with Crippen molar-refractivity contribution < 1.29 is 13.2 Å². The Kier molecular flexibility index (Phi) is 7.05. The standard InChI is InChI=1S/C23H33F3/c1-2-3-5-16-8-10-17(11-9-16)18-6-4-7-19(14-18)20-12-13-21(23(25)26)22(24)15-20/h12-13,15-19,23H,2-11,14H2,1H3/t16-,17-,18-,19?/m1/s1. The molecule has 3 heteroatoms. The van der Waals surface area contributed by atoms with Crippen molar-refractivity contribution in [2.24, 2.45) is 17.8 Å². The first-order valence-corrected chi connectivity index (χ1v) is 10.7. The lowest BCUT2D eigenvalue weighted by Crippen LogP contribution is -2.26. The predicted octanol–water partition coefficient (Wildman–Crippen LogP) is 8.03. The fraction of sp³-hybridized carbons (Fsp3) is 0.739. The highest BCUT2D eigenvalue weighted by molar-refractivity contribution is 5.28. The lowest BCUT2D eigenvalue weighted by Gasteiger charge is -2.38. The fourth-order valence-corrected chi connectivity index (χ4v) is 5.37. The second-order valence-corrected chi connectivity index (χ2v) is 8.63. The van der Waals surface area contributed by atoms with Crippen LogP contribution in [0.2, 0.25) is 0 Å². The average Bonchev–Trinajstić information content (AvgIpc) is 2.66. The molecule has 3 rings (SSSR count). The number of benzene rings is 1. The van der Waals surface area contributed by atoms with Gasteiger partial charge in [0, 0.05) is 0 Å². The Morgan fingerprint density at radius 3 is 2.42 bits per heavy atom. The molecule has 0 amide bonds. The highest BCUT2D eigenvalue weighted by Gasteiger charge is 2.32. The summed E-state index contributed by atoms with van der Waals surface area (Å²) < 4.78 is 39.5. The van der Waals surface area contributed by atoms with Crippen molar-refractivity contribution in [2.45, 2.75) is 89.9 Å². The van der Waals surface area contributed by atoms with Crippen molar-refractivity contribution in [3.63, 3.8) is 0 Å². The molecule has 1 aromatic rings. The minimum Gasteiger partial charge on any atom is -0.206 e. The van der Waals surface area contributed by atoms with E-state index in [1.54, 1.807) is 6.07 Å². The molecule has 146 valence electrons. The van der Waals surface area contributed by atoms with Crippen LogP contribution in [0.3, 0.4) is 0 Å². The smallest absolute Gasteiger partial charge is 0.206 e. The Balaban J connectivity index is 1.57. The summed E-state index contributed by atoms with van der Waals surface area (Å²) in [6.07, 6.45) is 11.4. The van der Waals surface area contributed by atoms with Crippen molar-refractivity contribution in [3.05, 3.63) is 35.1 Å². The molecular formula is C23H33F3. The van der Waals surface area contributed by atoms with E-state index in [0.29, 0.717) is 5.92 Å². The zero-order chi connectivity index (χ0) is 18.5. The van der Waals surface area contributed by atoms with Gasteiger partial charge in [-0.3, -0.25) is 0 Å². The summed E-state index contributed by atoms with van der Waals surface area (Å²) in [5, 5.41) is 0. The van der Waals surface area contributed by atoms with Crippen molar-refractivity contribution in [2.75, 3.05) is 0 Å². The molecule has 0 nitrogen and oxygen atoms in total. The molecule has 2 atom stereocenters. The largest absolute Gasteiger partial charge is 0.266 e. The van der Waals surface area contributed by atoms with Crippen molar-refractivity contribution in [1.29, 1.82) is 0 Å². The summed E-state index contributed by atoms with van der Waals surface area (Å²) in [6.45, 7) is 2.27. The molecule has 0 N–H and O–H groups in total. The van der Waals surface area contributed by atoms with Gasteiger partial charge in [0.25, 0.3) is 6.43 Å². The third-order valence-electron chi connectivity index (χ3n) is 6.97. The van der Waals surface area contributed by atoms with E-state index in [4.69, 9.17) is 0 Å². The lowest BCUT2D eigenvalue weighted by atomic mass is 9.67. The summed E-state index contributed by atoms with van der Waals surface area (Å²) in [5.41, 5.74) is 0.458. The van der Waals surface area contributed by atoms with Crippen LogP contribution in [0, 0.1) is 23.6 Å². The normalized spacial score (nSPS) is 29.9. The maximum atomic E-state index is 14.0. The van der Waals surface area contributed by atoms with E-state index >= 15 is 0 Å². The van der Waals surface area contributed by atoms with Crippen molar-refractivity contribution >= 4 is 0 Å². The quantitative estimate of drug-likeness (QED) is 0.478. The Hall–Kier alpha value is -0.990. The molecule has 0 bridgehead atoms. The summed E-state index contributed by atoms with van der Waals surface area (Å²) in [6, 6.07) is 4.40. The molecule has 0 saturated heterocycles. The Morgan fingerprint density at radius 2 is 1.77 bits per heavy atom. The van der Waals surface area contributed by atoms with E-state index < -0.39 is 17.8 Å². The number of hydrogen-bond acceptors (Lipinski definition) is 0. The first kappa shape index (κ1) is 19.8. The zero-order valence-corrected chi connectivity index (χ0v) is 16.0. The zero-order valence-electron chi connectivity index (χ0n) is 16.0. The topological polar surface area (TPSA) is 0 Å². The van der Waals surface area contributed by atoms with Crippen LogP contribution in [0.5, 0.6) is 0 Å². The fourth-order valence-electron chi connectivity index (χ4n) is 5.37. The second kappa shape index (κ2) is 9.28. The van der Waals surface area contributed by atoms with Crippen molar-refractivity contribution in [1.82, 2.24) is 0 Å². The minimum atomic E-state index is -2.73. The Morgan fingerprint density at radius 1 is 1.00 bits per heavy atom. The number of alkyl halides is 2. The molecule has 0 heterocycles. The van der Waals surface area contributed by atoms with Gasteiger partial charge in [0.15, 0.2) is 0 Å². The van der Waals surface area contributed by atoms with Crippen LogP contribution in [0.15, 0.2) is 18.2 Å². The van der Waals surface area contributed by atoms with Gasteiger partial charge in [0.1, 0.15) is 5.82 Å². The lowest BCUT2D eigenvalue weighted by molar-refractivity contribution is 0.145. The number of halogens is 3. The van der Waals surface area contributed by atoms with Crippen LogP contribution in [0.4, 0.5) is 13.2 Å². The van der Waals surface area contributed by atoms with Crippen LogP contribution >= 0.6 is 0 Å². The van der Waals surface area contributed by atoms with E-state index in [1.807, 2.05) is 0 Å². The molecule has 1 unspecified atom stereocenters. The Bertz CT molecular complexity index is 561. The molecule has 1 aromatic carbocycles. The van der Waals surface area contributed by atoms with Crippen LogP contribution in [-0.4, -0.2) is 0 Å². The van der Waals surface area contributed by atoms with E-state index in [1.165, 1.54) is 69.9 Å². The van der Waals surface area contributed by atoms with Crippen LogP contribution in [0.25, 0.3) is 0 Å². The minimum absolute atomic E-state index is 0.341. The van der Waals surface area contributed by atoms with E-state index in [2.05, 4.69) is 6.92 Å². The number of unbranched alkanes of at least 4 members (excludes halogenated alkanes) is 1. The summed E-state index contributed by atoms with van der Waals surface area (Å²) in [4.78, 5) is 0. The van der Waals surface area contributed by atoms with Crippen LogP contribution in [0.1, 0.15) is 101 Å². The molecule has 0 aliphatic heterocycles. The molecule has 2 aliphatic rings. The van der Waals surface area contributed by atoms with E-state index in [0.717, 1.165) is 36.2 Å². The first-order valence-electron chi connectivity index (χ1n) is 10.7. The summed E-state index contributed by atoms with van der Waals surface area (Å²) >= 11 is 0. The highest BCUT2D eigenvalue weighted by atomic mass is 19.3. The number of rotatable bonds is 6. The van der Waals surface area contributed by atoms with Crippen LogP contribution in [-0.2, 0) is 0 Å². The molecule has 26 heavy (non-hydrogen) atoms. The molecule has 2 saturated carbocycles. The van der Waals surface area contributed by atoms with Gasteiger partial charge in [-0.2, -0.15) is 0 Å².